The molecule has 1 rings (SSSR count). The van der Waals surface area contributed by atoms with E-state index in [0.29, 0.717) is 19.3 Å². The molecule has 0 N–H and O–H groups in total. The van der Waals surface area contributed by atoms with Gasteiger partial charge in [-0.15, -0.1) is 0 Å². The Morgan fingerprint density at radius 2 is 2.05 bits per heavy atom. The molecule has 2 unspecified atom stereocenters. The van der Waals surface area contributed by atoms with E-state index in [1.807, 2.05) is 6.92 Å². The van der Waals surface area contributed by atoms with Crippen LogP contribution in [0.3, 0.4) is 0 Å². The van der Waals surface area contributed by atoms with Gasteiger partial charge < -0.3 is 14.4 Å². The molecule has 1 fully saturated rings. The number of nitrogens with zero attached hydrogens (tertiary/aromatic N) is 1. The molecule has 0 bridgehead atoms. The van der Waals surface area contributed by atoms with Crippen LogP contribution >= 0.6 is 0 Å². The number of unbranched alkanes of at least 4 members (excludes halogenated alkanes) is 1. The Bertz CT molecular complexity index is 369. The summed E-state index contributed by atoms with van der Waals surface area (Å²) in [6, 6.07) is -0.861. The highest BCUT2D eigenvalue weighted by atomic mass is 16.5. The van der Waals surface area contributed by atoms with Crippen molar-refractivity contribution in [1.29, 1.82) is 0 Å². The molecule has 0 aliphatic carbocycles. The van der Waals surface area contributed by atoms with E-state index in [4.69, 9.17) is 4.74 Å². The molecule has 1 aliphatic heterocycles. The van der Waals surface area contributed by atoms with Crippen molar-refractivity contribution >= 4 is 17.8 Å². The SMILES string of the molecule is CCCCC(CC(=O)OC)N1C(=O)CCC1C(=O)OC. The van der Waals surface area contributed by atoms with Crippen molar-refractivity contribution in [1.82, 2.24) is 4.90 Å². The molecule has 1 heterocycles. The largest absolute Gasteiger partial charge is 0.469 e. The minimum Gasteiger partial charge on any atom is -0.469 e. The maximum absolute atomic E-state index is 12.0. The van der Waals surface area contributed by atoms with Crippen LogP contribution in [0, 0.1) is 0 Å². The lowest BCUT2D eigenvalue weighted by atomic mass is 10.0. The summed E-state index contributed by atoms with van der Waals surface area (Å²) in [5.41, 5.74) is 0. The quantitative estimate of drug-likeness (QED) is 0.659. The number of rotatable bonds is 7. The Balaban J connectivity index is 2.86. The van der Waals surface area contributed by atoms with Gasteiger partial charge in [-0.2, -0.15) is 0 Å². The van der Waals surface area contributed by atoms with Gasteiger partial charge in [0.1, 0.15) is 6.04 Å². The average Bonchev–Trinajstić information content (AvgIpc) is 2.84. The van der Waals surface area contributed by atoms with E-state index in [-0.39, 0.29) is 24.3 Å². The van der Waals surface area contributed by atoms with Crippen molar-refractivity contribution < 1.29 is 23.9 Å². The van der Waals surface area contributed by atoms with Crippen molar-refractivity contribution in [2.75, 3.05) is 14.2 Å². The van der Waals surface area contributed by atoms with E-state index in [1.54, 1.807) is 0 Å². The Morgan fingerprint density at radius 3 is 2.60 bits per heavy atom. The number of likely N-dealkylation sites (tertiary alicyclic amines) is 1. The summed E-state index contributed by atoms with van der Waals surface area (Å²) >= 11 is 0. The molecule has 0 aromatic heterocycles. The smallest absolute Gasteiger partial charge is 0.328 e. The highest BCUT2D eigenvalue weighted by Gasteiger charge is 2.41. The Kier molecular flexibility index (Phi) is 6.48. The molecule has 0 radical (unpaired) electrons. The van der Waals surface area contributed by atoms with Crippen LogP contribution in [0.25, 0.3) is 0 Å². The molecule has 0 saturated carbocycles. The number of methoxy groups -OCH3 is 2. The van der Waals surface area contributed by atoms with Crippen LogP contribution in [-0.4, -0.2) is 49.0 Å². The van der Waals surface area contributed by atoms with Crippen molar-refractivity contribution in [3.8, 4) is 0 Å². The molecule has 6 nitrogen and oxygen atoms in total. The fourth-order valence-corrected chi connectivity index (χ4v) is 2.58. The second-order valence-corrected chi connectivity index (χ2v) is 4.95. The van der Waals surface area contributed by atoms with Gasteiger partial charge >= 0.3 is 11.9 Å². The van der Waals surface area contributed by atoms with E-state index < -0.39 is 12.0 Å². The van der Waals surface area contributed by atoms with Crippen molar-refractivity contribution in [2.45, 2.75) is 57.5 Å². The van der Waals surface area contributed by atoms with Gasteiger partial charge in [0, 0.05) is 12.5 Å². The van der Waals surface area contributed by atoms with Crippen molar-refractivity contribution in [3.63, 3.8) is 0 Å². The van der Waals surface area contributed by atoms with Gasteiger partial charge in [-0.05, 0) is 12.8 Å². The lowest BCUT2D eigenvalue weighted by molar-refractivity contribution is -0.153. The molecular formula is C14H23NO5. The number of hydrogen-bond donors (Lipinski definition) is 0. The van der Waals surface area contributed by atoms with Crippen LogP contribution < -0.4 is 0 Å². The minimum absolute atomic E-state index is 0.0922. The number of amides is 1. The summed E-state index contributed by atoms with van der Waals surface area (Å²) in [6.45, 7) is 2.04. The fourth-order valence-electron chi connectivity index (χ4n) is 2.58. The van der Waals surface area contributed by atoms with E-state index in [0.717, 1.165) is 12.8 Å². The Labute approximate surface area is 119 Å². The second-order valence-electron chi connectivity index (χ2n) is 4.95. The van der Waals surface area contributed by atoms with Crippen LogP contribution in [0.1, 0.15) is 45.4 Å². The molecule has 1 saturated heterocycles. The van der Waals surface area contributed by atoms with Crippen LogP contribution in [0.4, 0.5) is 0 Å². The summed E-state index contributed by atoms with van der Waals surface area (Å²) in [5, 5.41) is 0. The van der Waals surface area contributed by atoms with E-state index in [9.17, 15) is 14.4 Å². The molecule has 20 heavy (non-hydrogen) atoms. The topological polar surface area (TPSA) is 72.9 Å². The van der Waals surface area contributed by atoms with E-state index in [2.05, 4.69) is 4.74 Å². The summed E-state index contributed by atoms with van der Waals surface area (Å²) in [5.74, 6) is -0.873. The van der Waals surface area contributed by atoms with Crippen molar-refractivity contribution in [3.05, 3.63) is 0 Å². The first-order valence-electron chi connectivity index (χ1n) is 7.00. The molecular weight excluding hydrogens is 262 g/mol. The molecule has 114 valence electrons. The lowest BCUT2D eigenvalue weighted by Gasteiger charge is -2.31. The molecule has 0 spiro atoms. The maximum atomic E-state index is 12.0. The lowest BCUT2D eigenvalue weighted by Crippen LogP contribution is -2.47. The van der Waals surface area contributed by atoms with Gasteiger partial charge in [0.25, 0.3) is 0 Å². The maximum Gasteiger partial charge on any atom is 0.328 e. The summed E-state index contributed by atoms with van der Waals surface area (Å²) in [6.07, 6.45) is 3.43. The molecule has 6 heteroatoms. The van der Waals surface area contributed by atoms with E-state index in [1.165, 1.54) is 19.1 Å². The number of carbonyl (C=O) groups is 3. The zero-order valence-corrected chi connectivity index (χ0v) is 12.4. The first-order valence-corrected chi connectivity index (χ1v) is 7.00. The number of hydrogen-bond acceptors (Lipinski definition) is 5. The van der Waals surface area contributed by atoms with Gasteiger partial charge in [-0.25, -0.2) is 4.79 Å². The Hall–Kier alpha value is -1.59. The summed E-state index contributed by atoms with van der Waals surface area (Å²) < 4.78 is 9.43. The number of ether oxygens (including phenoxy) is 2. The highest BCUT2D eigenvalue weighted by Crippen LogP contribution is 2.26. The average molecular weight is 285 g/mol. The van der Waals surface area contributed by atoms with Crippen LogP contribution in [0.15, 0.2) is 0 Å². The standard InChI is InChI=1S/C14H23NO5/c1-4-5-6-10(9-13(17)19-2)15-11(14(18)20-3)7-8-12(15)16/h10-11H,4-9H2,1-3H3. The predicted molar refractivity (Wildman–Crippen MR) is 71.8 cm³/mol. The van der Waals surface area contributed by atoms with Gasteiger partial charge in [-0.1, -0.05) is 19.8 Å². The second kappa shape index (κ2) is 7.87. The highest BCUT2D eigenvalue weighted by molar-refractivity contribution is 5.88. The van der Waals surface area contributed by atoms with Crippen LogP contribution in [-0.2, 0) is 23.9 Å². The van der Waals surface area contributed by atoms with Crippen LogP contribution in [0.5, 0.6) is 0 Å². The molecule has 1 amide bonds. The van der Waals surface area contributed by atoms with Gasteiger partial charge in [-0.3, -0.25) is 9.59 Å². The third-order valence-electron chi connectivity index (χ3n) is 3.64. The first kappa shape index (κ1) is 16.5. The van der Waals surface area contributed by atoms with Gasteiger partial charge in [0.2, 0.25) is 5.91 Å². The van der Waals surface area contributed by atoms with Crippen LogP contribution in [0.2, 0.25) is 0 Å². The molecule has 0 aromatic rings. The zero-order valence-electron chi connectivity index (χ0n) is 12.4. The summed E-state index contributed by atoms with van der Waals surface area (Å²) in [7, 11) is 2.63. The van der Waals surface area contributed by atoms with Crippen molar-refractivity contribution in [2.24, 2.45) is 0 Å². The minimum atomic E-state index is -0.570. The molecule has 2 atom stereocenters. The van der Waals surface area contributed by atoms with Gasteiger partial charge in [0.05, 0.1) is 20.6 Å². The number of carbonyl (C=O) groups excluding carboxylic acids is 3. The molecule has 0 aromatic carbocycles. The number of esters is 2. The molecule has 1 aliphatic rings. The monoisotopic (exact) mass is 285 g/mol. The van der Waals surface area contributed by atoms with E-state index >= 15 is 0 Å². The summed E-state index contributed by atoms with van der Waals surface area (Å²) in [4.78, 5) is 36.9. The fraction of sp³-hybridized carbons (Fsp3) is 0.786. The Morgan fingerprint density at radius 1 is 1.35 bits per heavy atom. The van der Waals surface area contributed by atoms with Gasteiger partial charge in [0.15, 0.2) is 0 Å². The predicted octanol–water partition coefficient (Wildman–Crippen LogP) is 1.27. The third kappa shape index (κ3) is 3.95. The zero-order chi connectivity index (χ0) is 15.1. The first-order chi connectivity index (χ1) is 9.54. The normalized spacial score (nSPS) is 19.9. The third-order valence-corrected chi connectivity index (χ3v) is 3.64.